The zero-order chi connectivity index (χ0) is 26.2. The summed E-state index contributed by atoms with van der Waals surface area (Å²) < 4.78 is 16.0. The van der Waals surface area contributed by atoms with Crippen LogP contribution in [0.3, 0.4) is 0 Å². The van der Waals surface area contributed by atoms with Gasteiger partial charge in [0.1, 0.15) is 24.3 Å². The van der Waals surface area contributed by atoms with Gasteiger partial charge in [-0.1, -0.05) is 19.6 Å². The van der Waals surface area contributed by atoms with Gasteiger partial charge in [-0.3, -0.25) is 4.98 Å². The van der Waals surface area contributed by atoms with Crippen molar-refractivity contribution in [3.8, 4) is 11.4 Å². The van der Waals surface area contributed by atoms with Gasteiger partial charge < -0.3 is 9.47 Å². The second-order valence-corrected chi connectivity index (χ2v) is 16.2. The van der Waals surface area contributed by atoms with Gasteiger partial charge in [-0.2, -0.15) is 10.2 Å². The summed E-state index contributed by atoms with van der Waals surface area (Å²) in [5, 5.41) is 10.8. The Kier molecular flexibility index (Phi) is 6.78. The van der Waals surface area contributed by atoms with E-state index >= 15 is 0 Å². The number of aryl methyl sites for hydroxylation is 2. The Bertz CT molecular complexity index is 1540. The number of ether oxygens (including phenoxy) is 2. The molecule has 0 N–H and O–H groups in total. The van der Waals surface area contributed by atoms with Crippen molar-refractivity contribution in [3.05, 3.63) is 66.1 Å². The van der Waals surface area contributed by atoms with Crippen LogP contribution in [0.4, 0.5) is 0 Å². The van der Waals surface area contributed by atoms with Crippen LogP contribution in [0.2, 0.25) is 25.7 Å². The molecule has 9 nitrogen and oxygen atoms in total. The third-order valence-corrected chi connectivity index (χ3v) is 7.95. The summed E-state index contributed by atoms with van der Waals surface area (Å²) in [6.45, 7) is 14.0. The highest BCUT2D eigenvalue weighted by Crippen LogP contribution is 2.31. The number of nitrogens with zero attached hydrogens (tertiary/aromatic N) is 7. The van der Waals surface area contributed by atoms with E-state index in [0.717, 1.165) is 57.4 Å². The number of pyridine rings is 3. The number of aromatic nitrogens is 7. The van der Waals surface area contributed by atoms with Gasteiger partial charge in [0.25, 0.3) is 0 Å². The lowest BCUT2D eigenvalue weighted by molar-refractivity contribution is 0.0812. The van der Waals surface area contributed by atoms with Crippen LogP contribution >= 0.6 is 0 Å². The highest BCUT2D eigenvalue weighted by atomic mass is 28.3. The molecule has 0 saturated carbocycles. The zero-order valence-electron chi connectivity index (χ0n) is 22.3. The van der Waals surface area contributed by atoms with Crippen molar-refractivity contribution in [2.24, 2.45) is 0 Å². The van der Waals surface area contributed by atoms with Crippen molar-refractivity contribution in [2.75, 3.05) is 6.61 Å². The fourth-order valence-corrected chi connectivity index (χ4v) is 4.90. The summed E-state index contributed by atoms with van der Waals surface area (Å²) in [5.74, 6) is 0.696. The summed E-state index contributed by atoms with van der Waals surface area (Å²) in [6.07, 6.45) is 6.92. The Hall–Kier alpha value is -3.63. The van der Waals surface area contributed by atoms with Crippen LogP contribution in [-0.4, -0.2) is 49.2 Å². The minimum Gasteiger partial charge on any atom is -0.482 e. The normalized spacial score (nSPS) is 12.9. The Morgan fingerprint density at radius 2 is 1.84 bits per heavy atom. The van der Waals surface area contributed by atoms with Gasteiger partial charge >= 0.3 is 0 Å². The minimum absolute atomic E-state index is 0.358. The van der Waals surface area contributed by atoms with Crippen molar-refractivity contribution < 1.29 is 9.47 Å². The van der Waals surface area contributed by atoms with E-state index in [1.807, 2.05) is 68.3 Å². The SMILES string of the molecule is Cc1cc2nc(C)c(O[C@@H](C)c3nc4c(cnn4COCC[Si](C)(C)C)cc3-n3cccn3)cc2cn1. The summed E-state index contributed by atoms with van der Waals surface area (Å²) in [4.78, 5) is 14.2. The molecule has 0 aliphatic heterocycles. The molecule has 5 aromatic heterocycles. The molecule has 0 saturated heterocycles. The van der Waals surface area contributed by atoms with E-state index in [1.54, 1.807) is 10.9 Å². The molecule has 37 heavy (non-hydrogen) atoms. The molecule has 0 fully saturated rings. The maximum atomic E-state index is 6.46. The summed E-state index contributed by atoms with van der Waals surface area (Å²) >= 11 is 0. The van der Waals surface area contributed by atoms with Gasteiger partial charge in [-0.05, 0) is 51.1 Å². The van der Waals surface area contributed by atoms with E-state index < -0.39 is 8.07 Å². The molecule has 0 spiro atoms. The van der Waals surface area contributed by atoms with Crippen LogP contribution in [0.25, 0.3) is 27.6 Å². The van der Waals surface area contributed by atoms with Crippen molar-refractivity contribution in [1.82, 2.24) is 34.5 Å². The van der Waals surface area contributed by atoms with Gasteiger partial charge in [0.05, 0.1) is 23.1 Å². The average Bonchev–Trinajstić information content (AvgIpc) is 3.51. The number of rotatable bonds is 9. The molecule has 0 radical (unpaired) electrons. The molecular formula is C27H33N7O2Si. The van der Waals surface area contributed by atoms with E-state index in [2.05, 4.69) is 34.8 Å². The average molecular weight is 516 g/mol. The third-order valence-electron chi connectivity index (χ3n) is 6.25. The standard InChI is InChI=1S/C27H33N7O2Si/c1-18-12-23-21(15-28-18)14-25(19(2)31-23)36-20(3)26-24(33-9-7-8-29-33)13-22-16-30-34(27(22)32-26)17-35-10-11-37(4,5)6/h7-9,12-16,20H,10-11,17H2,1-6H3/t20-/m0/s1. The topological polar surface area (TPSA) is 92.8 Å². The number of fused-ring (bicyclic) bond motifs is 2. The van der Waals surface area contributed by atoms with Crippen molar-refractivity contribution in [1.29, 1.82) is 0 Å². The first-order valence-corrected chi connectivity index (χ1v) is 16.2. The lowest BCUT2D eigenvalue weighted by atomic mass is 10.1. The summed E-state index contributed by atoms with van der Waals surface area (Å²) in [7, 11) is -1.16. The van der Waals surface area contributed by atoms with Crippen LogP contribution in [0.5, 0.6) is 5.75 Å². The fraction of sp³-hybridized carbons (Fsp3) is 0.370. The number of hydrogen-bond acceptors (Lipinski definition) is 7. The van der Waals surface area contributed by atoms with Crippen LogP contribution < -0.4 is 4.74 Å². The molecule has 0 unspecified atom stereocenters. The summed E-state index contributed by atoms with van der Waals surface area (Å²) in [6, 6.07) is 9.01. The lowest BCUT2D eigenvalue weighted by Gasteiger charge is -2.19. The Labute approximate surface area is 217 Å². The van der Waals surface area contributed by atoms with Crippen LogP contribution in [0, 0.1) is 13.8 Å². The first-order valence-electron chi connectivity index (χ1n) is 12.5. The predicted molar refractivity (Wildman–Crippen MR) is 147 cm³/mol. The highest BCUT2D eigenvalue weighted by molar-refractivity contribution is 6.76. The molecule has 192 valence electrons. The minimum atomic E-state index is -1.16. The second kappa shape index (κ2) is 10.0. The Morgan fingerprint density at radius 1 is 1.00 bits per heavy atom. The van der Waals surface area contributed by atoms with Gasteiger partial charge in [0.15, 0.2) is 5.65 Å². The third kappa shape index (κ3) is 5.54. The highest BCUT2D eigenvalue weighted by Gasteiger charge is 2.21. The maximum absolute atomic E-state index is 6.46. The van der Waals surface area contributed by atoms with Gasteiger partial charge in [0, 0.05) is 49.7 Å². The molecule has 5 rings (SSSR count). The Balaban J connectivity index is 1.48. The summed E-state index contributed by atoms with van der Waals surface area (Å²) in [5.41, 5.74) is 4.99. The van der Waals surface area contributed by atoms with Gasteiger partial charge in [0.2, 0.25) is 0 Å². The first kappa shape index (κ1) is 25.0. The zero-order valence-corrected chi connectivity index (χ0v) is 23.3. The molecule has 5 aromatic rings. The molecule has 5 heterocycles. The first-order chi connectivity index (χ1) is 17.7. The molecular weight excluding hydrogens is 482 g/mol. The van der Waals surface area contributed by atoms with Crippen LogP contribution in [-0.2, 0) is 11.5 Å². The van der Waals surface area contributed by atoms with Crippen molar-refractivity contribution in [2.45, 2.75) is 59.3 Å². The smallest absolute Gasteiger partial charge is 0.160 e. The molecule has 10 heteroatoms. The Morgan fingerprint density at radius 3 is 2.59 bits per heavy atom. The van der Waals surface area contributed by atoms with E-state index in [4.69, 9.17) is 19.4 Å². The fourth-order valence-electron chi connectivity index (χ4n) is 4.14. The molecule has 0 aromatic carbocycles. The predicted octanol–water partition coefficient (Wildman–Crippen LogP) is 5.63. The molecule has 0 amide bonds. The van der Waals surface area contributed by atoms with E-state index in [9.17, 15) is 0 Å². The van der Waals surface area contributed by atoms with Gasteiger partial charge in [-0.15, -0.1) is 0 Å². The van der Waals surface area contributed by atoms with E-state index in [-0.39, 0.29) is 6.10 Å². The molecule has 0 aliphatic rings. The van der Waals surface area contributed by atoms with Crippen LogP contribution in [0.15, 0.2) is 49.1 Å². The van der Waals surface area contributed by atoms with Crippen molar-refractivity contribution in [3.63, 3.8) is 0 Å². The number of hydrogen-bond donors (Lipinski definition) is 0. The van der Waals surface area contributed by atoms with Gasteiger partial charge in [-0.25, -0.2) is 19.3 Å². The quantitative estimate of drug-likeness (QED) is 0.185. The van der Waals surface area contributed by atoms with E-state index in [1.165, 1.54) is 0 Å². The van der Waals surface area contributed by atoms with E-state index in [0.29, 0.717) is 12.5 Å². The maximum Gasteiger partial charge on any atom is 0.160 e. The second-order valence-electron chi connectivity index (χ2n) is 10.6. The monoisotopic (exact) mass is 515 g/mol. The lowest BCUT2D eigenvalue weighted by Crippen LogP contribution is -2.22. The van der Waals surface area contributed by atoms with Crippen LogP contribution in [0.1, 0.15) is 30.1 Å². The largest absolute Gasteiger partial charge is 0.482 e. The molecule has 0 aliphatic carbocycles. The molecule has 0 bridgehead atoms. The van der Waals surface area contributed by atoms with Crippen molar-refractivity contribution >= 4 is 30.0 Å². The molecule has 1 atom stereocenters.